The van der Waals surface area contributed by atoms with E-state index >= 15 is 0 Å². The summed E-state index contributed by atoms with van der Waals surface area (Å²) in [4.78, 5) is 2.69. The van der Waals surface area contributed by atoms with Crippen molar-refractivity contribution in [1.29, 1.82) is 0 Å². The third-order valence-electron chi connectivity index (χ3n) is 7.05. The van der Waals surface area contributed by atoms with Gasteiger partial charge in [-0.15, -0.1) is 0 Å². The summed E-state index contributed by atoms with van der Waals surface area (Å²) in [5, 5.41) is 0. The summed E-state index contributed by atoms with van der Waals surface area (Å²) in [5.41, 5.74) is 0.422. The smallest absolute Gasteiger partial charge is 0.168 e. The first-order valence-electron chi connectivity index (χ1n) is 10.9. The molecule has 3 nitrogen and oxygen atoms in total. The zero-order valence-corrected chi connectivity index (χ0v) is 17.2. The minimum Gasteiger partial charge on any atom is -0.347 e. The molecule has 146 valence electrons. The quantitative estimate of drug-likeness (QED) is 0.621. The van der Waals surface area contributed by atoms with E-state index in [0.29, 0.717) is 11.5 Å². The maximum Gasteiger partial charge on any atom is 0.168 e. The van der Waals surface area contributed by atoms with E-state index in [9.17, 15) is 0 Å². The van der Waals surface area contributed by atoms with Gasteiger partial charge in [0.1, 0.15) is 0 Å². The molecule has 2 unspecified atom stereocenters. The summed E-state index contributed by atoms with van der Waals surface area (Å²) in [5.74, 6) is 0.587. The summed E-state index contributed by atoms with van der Waals surface area (Å²) in [6, 6.07) is 0.793. The average molecular weight is 352 g/mol. The Kier molecular flexibility index (Phi) is 6.50. The summed E-state index contributed by atoms with van der Waals surface area (Å²) in [6.07, 6.45) is 13.0. The Balaban J connectivity index is 1.33. The van der Waals surface area contributed by atoms with Crippen LogP contribution in [0.15, 0.2) is 0 Å². The number of hydrogen-bond donors (Lipinski definition) is 0. The van der Waals surface area contributed by atoms with Crippen molar-refractivity contribution in [3.8, 4) is 0 Å². The lowest BCUT2D eigenvalue weighted by Gasteiger charge is -2.41. The first-order valence-corrected chi connectivity index (χ1v) is 10.9. The molecule has 1 spiro atoms. The predicted molar refractivity (Wildman–Crippen MR) is 104 cm³/mol. The fraction of sp³-hybridized carbons (Fsp3) is 1.00. The Morgan fingerprint density at radius 1 is 1.04 bits per heavy atom. The van der Waals surface area contributed by atoms with Crippen LogP contribution in [0.1, 0.15) is 91.9 Å². The van der Waals surface area contributed by atoms with Crippen molar-refractivity contribution in [1.82, 2.24) is 4.90 Å². The van der Waals surface area contributed by atoms with Crippen molar-refractivity contribution in [3.05, 3.63) is 0 Å². The molecule has 0 bridgehead atoms. The van der Waals surface area contributed by atoms with Gasteiger partial charge in [-0.05, 0) is 76.3 Å². The second-order valence-electron chi connectivity index (χ2n) is 9.98. The molecule has 0 aromatic carbocycles. The van der Waals surface area contributed by atoms with Crippen LogP contribution in [0.5, 0.6) is 0 Å². The number of piperidine rings is 1. The molecule has 1 aliphatic carbocycles. The van der Waals surface area contributed by atoms with E-state index in [0.717, 1.165) is 31.4 Å². The molecule has 3 heteroatoms. The van der Waals surface area contributed by atoms with Crippen LogP contribution in [-0.4, -0.2) is 42.5 Å². The molecule has 2 saturated heterocycles. The minimum atomic E-state index is -0.228. The topological polar surface area (TPSA) is 21.7 Å². The molecule has 2 heterocycles. The molecule has 3 fully saturated rings. The van der Waals surface area contributed by atoms with Gasteiger partial charge in [-0.2, -0.15) is 0 Å². The number of likely N-dealkylation sites (tertiary alicyclic amines) is 1. The van der Waals surface area contributed by atoms with E-state index in [2.05, 4.69) is 32.6 Å². The highest BCUT2D eigenvalue weighted by Gasteiger charge is 2.45. The molecule has 3 rings (SSSR count). The highest BCUT2D eigenvalue weighted by molar-refractivity contribution is 4.88. The van der Waals surface area contributed by atoms with Crippen molar-refractivity contribution in [3.63, 3.8) is 0 Å². The molecule has 3 aliphatic rings. The lowest BCUT2D eigenvalue weighted by Crippen LogP contribution is -2.39. The van der Waals surface area contributed by atoms with Gasteiger partial charge in [-0.25, -0.2) is 0 Å². The molecule has 0 amide bonds. The molecule has 1 saturated carbocycles. The molecule has 25 heavy (non-hydrogen) atoms. The lowest BCUT2D eigenvalue weighted by atomic mass is 9.71. The third-order valence-corrected chi connectivity index (χ3v) is 7.05. The van der Waals surface area contributed by atoms with Crippen LogP contribution in [0.3, 0.4) is 0 Å². The first kappa shape index (κ1) is 19.6. The predicted octanol–water partition coefficient (Wildman–Crippen LogP) is 5.38. The van der Waals surface area contributed by atoms with E-state index in [1.54, 1.807) is 0 Å². The Labute approximate surface area is 155 Å². The van der Waals surface area contributed by atoms with Gasteiger partial charge < -0.3 is 14.4 Å². The van der Waals surface area contributed by atoms with Crippen LogP contribution in [0.25, 0.3) is 0 Å². The standard InChI is InChI=1S/C22H41NO2/c1-18-9-5-7-15-23(18)16-8-6-10-20-17-24-22(25-20)13-11-19(12-14-22)21(2,3)4/h18-20H,5-17H2,1-4H3. The van der Waals surface area contributed by atoms with Gasteiger partial charge in [-0.3, -0.25) is 0 Å². The van der Waals surface area contributed by atoms with Crippen molar-refractivity contribution in [2.24, 2.45) is 11.3 Å². The molecule has 0 N–H and O–H groups in total. The summed E-state index contributed by atoms with van der Waals surface area (Å²) < 4.78 is 12.6. The van der Waals surface area contributed by atoms with Crippen LogP contribution in [-0.2, 0) is 9.47 Å². The lowest BCUT2D eigenvalue weighted by molar-refractivity contribution is -0.197. The van der Waals surface area contributed by atoms with Crippen molar-refractivity contribution in [2.75, 3.05) is 19.7 Å². The monoisotopic (exact) mass is 351 g/mol. The molecular formula is C22H41NO2. The van der Waals surface area contributed by atoms with E-state index in [-0.39, 0.29) is 5.79 Å². The summed E-state index contributed by atoms with van der Waals surface area (Å²) in [7, 11) is 0. The van der Waals surface area contributed by atoms with Crippen LogP contribution in [0.4, 0.5) is 0 Å². The fourth-order valence-corrected chi connectivity index (χ4v) is 5.12. The van der Waals surface area contributed by atoms with Gasteiger partial charge in [0.2, 0.25) is 0 Å². The maximum absolute atomic E-state index is 6.43. The second kappa shape index (κ2) is 8.27. The largest absolute Gasteiger partial charge is 0.347 e. The van der Waals surface area contributed by atoms with E-state index in [4.69, 9.17) is 9.47 Å². The number of nitrogens with zero attached hydrogens (tertiary/aromatic N) is 1. The Hall–Kier alpha value is -0.120. The van der Waals surface area contributed by atoms with Crippen molar-refractivity contribution < 1.29 is 9.47 Å². The minimum absolute atomic E-state index is 0.228. The zero-order chi connectivity index (χ0) is 17.9. The van der Waals surface area contributed by atoms with Crippen molar-refractivity contribution >= 4 is 0 Å². The van der Waals surface area contributed by atoms with Crippen LogP contribution < -0.4 is 0 Å². The summed E-state index contributed by atoms with van der Waals surface area (Å²) >= 11 is 0. The SMILES string of the molecule is CC1CCCCN1CCCCC1COC2(CCC(C(C)(C)C)CC2)O1. The van der Waals surface area contributed by atoms with Gasteiger partial charge in [0.15, 0.2) is 5.79 Å². The van der Waals surface area contributed by atoms with Crippen molar-refractivity contribution in [2.45, 2.75) is 110 Å². The normalized spacial score (nSPS) is 37.7. The molecule has 2 aliphatic heterocycles. The van der Waals surface area contributed by atoms with Gasteiger partial charge in [0.05, 0.1) is 12.7 Å². The molecule has 0 aromatic rings. The Morgan fingerprint density at radius 3 is 2.48 bits per heavy atom. The number of ether oxygens (including phenoxy) is 2. The maximum atomic E-state index is 6.43. The molecule has 0 aromatic heterocycles. The molecule has 2 atom stereocenters. The number of hydrogen-bond acceptors (Lipinski definition) is 3. The van der Waals surface area contributed by atoms with E-state index in [1.165, 1.54) is 64.5 Å². The first-order chi connectivity index (χ1) is 11.9. The van der Waals surface area contributed by atoms with Crippen LogP contribution >= 0.6 is 0 Å². The molecule has 0 radical (unpaired) electrons. The van der Waals surface area contributed by atoms with Gasteiger partial charge >= 0.3 is 0 Å². The Bertz CT molecular complexity index is 409. The highest BCUT2D eigenvalue weighted by Crippen LogP contribution is 2.46. The number of unbranched alkanes of at least 4 members (excludes halogenated alkanes) is 1. The third kappa shape index (κ3) is 5.20. The van der Waals surface area contributed by atoms with E-state index in [1.807, 2.05) is 0 Å². The second-order valence-corrected chi connectivity index (χ2v) is 9.98. The molecular weight excluding hydrogens is 310 g/mol. The van der Waals surface area contributed by atoms with Crippen LogP contribution in [0, 0.1) is 11.3 Å². The van der Waals surface area contributed by atoms with Gasteiger partial charge in [0.25, 0.3) is 0 Å². The van der Waals surface area contributed by atoms with E-state index < -0.39 is 0 Å². The highest BCUT2D eigenvalue weighted by atomic mass is 16.7. The average Bonchev–Trinajstić information content (AvgIpc) is 2.95. The fourth-order valence-electron chi connectivity index (χ4n) is 5.12. The Morgan fingerprint density at radius 2 is 1.80 bits per heavy atom. The zero-order valence-electron chi connectivity index (χ0n) is 17.2. The van der Waals surface area contributed by atoms with Gasteiger partial charge in [0, 0.05) is 18.9 Å². The number of rotatable bonds is 5. The van der Waals surface area contributed by atoms with Gasteiger partial charge in [-0.1, -0.05) is 27.2 Å². The summed E-state index contributed by atoms with van der Waals surface area (Å²) in [6.45, 7) is 12.9. The van der Waals surface area contributed by atoms with Crippen LogP contribution in [0.2, 0.25) is 0 Å².